The number of ketones is 1. The van der Waals surface area contributed by atoms with Crippen LogP contribution in [0, 0.1) is 5.92 Å². The Labute approximate surface area is 106 Å². The van der Waals surface area contributed by atoms with E-state index in [1.54, 1.807) is 0 Å². The van der Waals surface area contributed by atoms with E-state index < -0.39 is 0 Å². The topological polar surface area (TPSA) is 22.0 Å². The number of hydrogen-bond acceptors (Lipinski definition) is 1. The van der Waals surface area contributed by atoms with Gasteiger partial charge in [0.15, 0.2) is 5.78 Å². The van der Waals surface area contributed by atoms with Crippen molar-refractivity contribution in [1.82, 2.24) is 4.57 Å². The predicted molar refractivity (Wildman–Crippen MR) is 71.4 cm³/mol. The van der Waals surface area contributed by atoms with Crippen molar-refractivity contribution in [3.63, 3.8) is 0 Å². The number of carbonyl (C=O) groups excluding carboxylic acids is 1. The van der Waals surface area contributed by atoms with Crippen molar-refractivity contribution in [3.8, 4) is 0 Å². The van der Waals surface area contributed by atoms with Gasteiger partial charge in [0.2, 0.25) is 0 Å². The Morgan fingerprint density at radius 1 is 1.41 bits per heavy atom. The Kier molecular flexibility index (Phi) is 3.53. The minimum Gasteiger partial charge on any atom is -0.340 e. The van der Waals surface area contributed by atoms with Gasteiger partial charge in [0, 0.05) is 28.0 Å². The Morgan fingerprint density at radius 2 is 2.18 bits per heavy atom. The first-order valence-corrected chi connectivity index (χ1v) is 6.27. The molecular weight excluding hydrogens is 234 g/mol. The lowest BCUT2D eigenvalue weighted by Crippen LogP contribution is -2.16. The second-order valence-corrected chi connectivity index (χ2v) is 4.80. The second-order valence-electron chi connectivity index (χ2n) is 4.39. The van der Waals surface area contributed by atoms with Crippen LogP contribution in [0.15, 0.2) is 30.5 Å². The molecule has 0 spiro atoms. The Bertz CT molecular complexity index is 544. The zero-order valence-corrected chi connectivity index (χ0v) is 10.9. The molecule has 1 aromatic carbocycles. The molecule has 90 valence electrons. The van der Waals surface area contributed by atoms with Crippen molar-refractivity contribution in [2.75, 3.05) is 0 Å². The van der Waals surface area contributed by atoms with Crippen molar-refractivity contribution >= 4 is 28.3 Å². The number of carbonyl (C=O) groups is 1. The summed E-state index contributed by atoms with van der Waals surface area (Å²) in [5.41, 5.74) is 1.02. The Morgan fingerprint density at radius 3 is 2.88 bits per heavy atom. The molecule has 0 aliphatic rings. The van der Waals surface area contributed by atoms with Crippen molar-refractivity contribution in [2.24, 2.45) is 5.92 Å². The van der Waals surface area contributed by atoms with Gasteiger partial charge in [-0.05, 0) is 24.6 Å². The molecule has 3 heteroatoms. The van der Waals surface area contributed by atoms with Gasteiger partial charge in [0.1, 0.15) is 0 Å². The van der Waals surface area contributed by atoms with E-state index in [0.29, 0.717) is 6.54 Å². The summed E-state index contributed by atoms with van der Waals surface area (Å²) in [6.45, 7) is 4.44. The fourth-order valence-electron chi connectivity index (χ4n) is 1.88. The Balaban J connectivity index is 2.31. The number of hydrogen-bond donors (Lipinski definition) is 0. The van der Waals surface area contributed by atoms with Gasteiger partial charge in [-0.1, -0.05) is 31.5 Å². The van der Waals surface area contributed by atoms with E-state index in [1.165, 1.54) is 0 Å². The highest BCUT2D eigenvalue weighted by Crippen LogP contribution is 2.24. The number of aromatic nitrogens is 1. The van der Waals surface area contributed by atoms with Crippen LogP contribution in [0.25, 0.3) is 10.9 Å². The van der Waals surface area contributed by atoms with Crippen molar-refractivity contribution in [1.29, 1.82) is 0 Å². The molecule has 2 aromatic rings. The summed E-state index contributed by atoms with van der Waals surface area (Å²) >= 11 is 6.10. The van der Waals surface area contributed by atoms with Gasteiger partial charge >= 0.3 is 0 Å². The van der Waals surface area contributed by atoms with Crippen molar-refractivity contribution in [2.45, 2.75) is 26.8 Å². The second kappa shape index (κ2) is 4.92. The van der Waals surface area contributed by atoms with E-state index in [9.17, 15) is 4.79 Å². The normalized spacial score (nSPS) is 12.9. The van der Waals surface area contributed by atoms with Crippen molar-refractivity contribution in [3.05, 3.63) is 35.5 Å². The molecule has 0 aliphatic heterocycles. The van der Waals surface area contributed by atoms with E-state index in [2.05, 4.69) is 0 Å². The summed E-state index contributed by atoms with van der Waals surface area (Å²) < 4.78 is 1.97. The minimum atomic E-state index is 0.117. The Hall–Kier alpha value is -1.28. The van der Waals surface area contributed by atoms with Gasteiger partial charge in [-0.15, -0.1) is 0 Å². The van der Waals surface area contributed by atoms with Crippen LogP contribution in [0.3, 0.4) is 0 Å². The van der Waals surface area contributed by atoms with Gasteiger partial charge in [0.25, 0.3) is 0 Å². The summed E-state index contributed by atoms with van der Waals surface area (Å²) in [6, 6.07) is 7.73. The number of nitrogens with zero attached hydrogens (tertiary/aromatic N) is 1. The quantitative estimate of drug-likeness (QED) is 0.805. The van der Waals surface area contributed by atoms with Gasteiger partial charge in [0.05, 0.1) is 6.54 Å². The van der Waals surface area contributed by atoms with E-state index in [-0.39, 0.29) is 11.7 Å². The molecule has 0 bridgehead atoms. The monoisotopic (exact) mass is 249 g/mol. The lowest BCUT2D eigenvalue weighted by Gasteiger charge is -2.09. The predicted octanol–water partition coefficient (Wildman–Crippen LogP) is 3.91. The molecule has 0 aliphatic carbocycles. The summed E-state index contributed by atoms with van der Waals surface area (Å²) in [4.78, 5) is 11.9. The average Bonchev–Trinajstić information content (AvgIpc) is 2.73. The molecule has 2 rings (SSSR count). The molecule has 17 heavy (non-hydrogen) atoms. The zero-order valence-electron chi connectivity index (χ0n) is 10.1. The van der Waals surface area contributed by atoms with E-state index in [1.807, 2.05) is 48.9 Å². The number of halogens is 1. The molecule has 1 atom stereocenters. The van der Waals surface area contributed by atoms with E-state index >= 15 is 0 Å². The van der Waals surface area contributed by atoms with Crippen LogP contribution in [0.5, 0.6) is 0 Å². The van der Waals surface area contributed by atoms with Crippen LogP contribution >= 0.6 is 11.6 Å². The highest BCUT2D eigenvalue weighted by molar-refractivity contribution is 6.35. The van der Waals surface area contributed by atoms with Crippen LogP contribution < -0.4 is 0 Å². The fourth-order valence-corrected chi connectivity index (χ4v) is 2.11. The van der Waals surface area contributed by atoms with Crippen LogP contribution in [0.1, 0.15) is 20.3 Å². The molecule has 1 heterocycles. The first-order valence-electron chi connectivity index (χ1n) is 5.89. The van der Waals surface area contributed by atoms with Crippen LogP contribution in [-0.2, 0) is 11.3 Å². The number of benzene rings is 1. The molecule has 0 saturated heterocycles. The maximum Gasteiger partial charge on any atom is 0.155 e. The summed E-state index contributed by atoms with van der Waals surface area (Å²) in [6.07, 6.45) is 2.82. The maximum absolute atomic E-state index is 11.9. The SMILES string of the molecule is CCC(C)C(=O)Cn1ccc2c(Cl)cccc21. The molecule has 0 amide bonds. The van der Waals surface area contributed by atoms with Crippen LogP contribution in [0.2, 0.25) is 5.02 Å². The lowest BCUT2D eigenvalue weighted by molar-refractivity contribution is -0.122. The first kappa shape index (κ1) is 12.2. The molecule has 0 radical (unpaired) electrons. The molecule has 2 nitrogen and oxygen atoms in total. The molecule has 0 fully saturated rings. The third-order valence-corrected chi connectivity index (χ3v) is 3.58. The molecule has 0 saturated carbocycles. The fraction of sp³-hybridized carbons (Fsp3) is 0.357. The van der Waals surface area contributed by atoms with E-state index in [4.69, 9.17) is 11.6 Å². The van der Waals surface area contributed by atoms with Gasteiger partial charge in [-0.2, -0.15) is 0 Å². The summed E-state index contributed by atoms with van der Waals surface area (Å²) in [5.74, 6) is 0.386. The van der Waals surface area contributed by atoms with Gasteiger partial charge in [-0.25, -0.2) is 0 Å². The molecular formula is C14H16ClNO. The standard InChI is InChI=1S/C14H16ClNO/c1-3-10(2)14(17)9-16-8-7-11-12(15)5-4-6-13(11)16/h4-8,10H,3,9H2,1-2H3. The van der Waals surface area contributed by atoms with Gasteiger partial charge < -0.3 is 4.57 Å². The number of rotatable bonds is 4. The summed E-state index contributed by atoms with van der Waals surface area (Å²) in [5, 5.41) is 1.74. The molecule has 1 unspecified atom stereocenters. The van der Waals surface area contributed by atoms with Gasteiger partial charge in [-0.3, -0.25) is 4.79 Å². The number of fused-ring (bicyclic) bond motifs is 1. The highest BCUT2D eigenvalue weighted by Gasteiger charge is 2.12. The average molecular weight is 250 g/mol. The van der Waals surface area contributed by atoms with E-state index in [0.717, 1.165) is 22.3 Å². The third kappa shape index (κ3) is 2.37. The molecule has 0 N–H and O–H groups in total. The maximum atomic E-state index is 11.9. The molecule has 1 aromatic heterocycles. The lowest BCUT2D eigenvalue weighted by atomic mass is 10.0. The highest BCUT2D eigenvalue weighted by atomic mass is 35.5. The zero-order chi connectivity index (χ0) is 12.4. The number of Topliss-reactive ketones (excluding diaryl/α,β-unsaturated/α-hetero) is 1. The first-order chi connectivity index (χ1) is 8.13. The van der Waals surface area contributed by atoms with Crippen molar-refractivity contribution < 1.29 is 4.79 Å². The largest absolute Gasteiger partial charge is 0.340 e. The third-order valence-electron chi connectivity index (χ3n) is 3.25. The smallest absolute Gasteiger partial charge is 0.155 e. The summed E-state index contributed by atoms with van der Waals surface area (Å²) in [7, 11) is 0. The van der Waals surface area contributed by atoms with Crippen LogP contribution in [-0.4, -0.2) is 10.4 Å². The minimum absolute atomic E-state index is 0.117. The van der Waals surface area contributed by atoms with Crippen LogP contribution in [0.4, 0.5) is 0 Å².